The van der Waals surface area contributed by atoms with Crippen molar-refractivity contribution in [2.24, 2.45) is 5.10 Å². The van der Waals surface area contributed by atoms with E-state index in [2.05, 4.69) is 20.6 Å². The van der Waals surface area contributed by atoms with Crippen molar-refractivity contribution in [1.82, 2.24) is 20.2 Å². The SMILES string of the molecule is Cc1cc(C(F)(F)F)n(-c2nc(C(=O)N/N=C/c3ccc(F)cc3)cs2)n1. The van der Waals surface area contributed by atoms with Crippen LogP contribution in [0.4, 0.5) is 17.6 Å². The molecule has 0 spiro atoms. The molecule has 0 fully saturated rings. The van der Waals surface area contributed by atoms with E-state index in [9.17, 15) is 22.4 Å². The van der Waals surface area contributed by atoms with E-state index < -0.39 is 23.6 Å². The maximum atomic E-state index is 13.1. The van der Waals surface area contributed by atoms with Crippen LogP contribution in [0, 0.1) is 12.7 Å². The molecular formula is C16H11F4N5OS. The number of halogens is 4. The zero-order valence-corrected chi connectivity index (χ0v) is 14.5. The second-order valence-electron chi connectivity index (χ2n) is 5.35. The Morgan fingerprint density at radius 3 is 2.67 bits per heavy atom. The molecule has 0 radical (unpaired) electrons. The van der Waals surface area contributed by atoms with Gasteiger partial charge in [0.05, 0.1) is 11.9 Å². The third-order valence-electron chi connectivity index (χ3n) is 3.28. The van der Waals surface area contributed by atoms with Gasteiger partial charge < -0.3 is 0 Å². The first-order chi connectivity index (χ1) is 12.7. The number of hydrogen-bond donors (Lipinski definition) is 1. The quantitative estimate of drug-likeness (QED) is 0.416. The zero-order chi connectivity index (χ0) is 19.6. The number of amides is 1. The number of nitrogens with one attached hydrogen (secondary N) is 1. The van der Waals surface area contributed by atoms with Gasteiger partial charge in [-0.3, -0.25) is 4.79 Å². The third-order valence-corrected chi connectivity index (χ3v) is 4.09. The van der Waals surface area contributed by atoms with Gasteiger partial charge in [0, 0.05) is 5.38 Å². The summed E-state index contributed by atoms with van der Waals surface area (Å²) in [5, 5.41) is 8.69. The molecule has 0 aliphatic carbocycles. The second kappa shape index (κ2) is 7.27. The van der Waals surface area contributed by atoms with Crippen LogP contribution >= 0.6 is 11.3 Å². The number of alkyl halides is 3. The van der Waals surface area contributed by atoms with Crippen LogP contribution in [0.5, 0.6) is 0 Å². The Kier molecular flexibility index (Phi) is 5.04. The molecule has 0 saturated heterocycles. The second-order valence-corrected chi connectivity index (χ2v) is 6.18. The van der Waals surface area contributed by atoms with Crippen molar-refractivity contribution in [1.29, 1.82) is 0 Å². The van der Waals surface area contributed by atoms with Crippen LogP contribution in [0.3, 0.4) is 0 Å². The highest BCUT2D eigenvalue weighted by Gasteiger charge is 2.36. The number of aryl methyl sites for hydroxylation is 1. The first kappa shape index (κ1) is 18.7. The van der Waals surface area contributed by atoms with E-state index >= 15 is 0 Å². The summed E-state index contributed by atoms with van der Waals surface area (Å²) in [4.78, 5) is 15.9. The van der Waals surface area contributed by atoms with Gasteiger partial charge in [0.1, 0.15) is 11.5 Å². The fourth-order valence-electron chi connectivity index (χ4n) is 2.08. The first-order valence-electron chi connectivity index (χ1n) is 7.43. The Morgan fingerprint density at radius 2 is 2.00 bits per heavy atom. The summed E-state index contributed by atoms with van der Waals surface area (Å²) in [5.74, 6) is -1.11. The number of rotatable bonds is 4. The molecule has 6 nitrogen and oxygen atoms in total. The van der Waals surface area contributed by atoms with Crippen molar-refractivity contribution in [3.63, 3.8) is 0 Å². The van der Waals surface area contributed by atoms with Crippen molar-refractivity contribution in [3.8, 4) is 5.13 Å². The molecule has 0 aliphatic rings. The van der Waals surface area contributed by atoms with Crippen molar-refractivity contribution in [2.45, 2.75) is 13.1 Å². The number of nitrogens with zero attached hydrogens (tertiary/aromatic N) is 4. The van der Waals surface area contributed by atoms with E-state index in [1.165, 1.54) is 42.8 Å². The fraction of sp³-hybridized carbons (Fsp3) is 0.125. The summed E-state index contributed by atoms with van der Waals surface area (Å²) >= 11 is 0.841. The minimum Gasteiger partial charge on any atom is -0.266 e. The molecular weight excluding hydrogens is 386 g/mol. The number of aromatic nitrogens is 3. The number of carbonyl (C=O) groups is 1. The molecule has 1 aromatic carbocycles. The number of benzene rings is 1. The van der Waals surface area contributed by atoms with E-state index in [4.69, 9.17) is 0 Å². The molecule has 0 aliphatic heterocycles. The fourth-order valence-corrected chi connectivity index (χ4v) is 2.85. The predicted molar refractivity (Wildman–Crippen MR) is 90.4 cm³/mol. The van der Waals surface area contributed by atoms with Gasteiger partial charge in [0.25, 0.3) is 5.91 Å². The van der Waals surface area contributed by atoms with Gasteiger partial charge >= 0.3 is 6.18 Å². The minimum absolute atomic E-state index is 0.0944. The van der Waals surface area contributed by atoms with E-state index in [-0.39, 0.29) is 16.5 Å². The summed E-state index contributed by atoms with van der Waals surface area (Å²) in [6.07, 6.45) is -3.31. The minimum atomic E-state index is -4.60. The van der Waals surface area contributed by atoms with Crippen molar-refractivity contribution in [3.05, 3.63) is 64.2 Å². The lowest BCUT2D eigenvalue weighted by molar-refractivity contribution is -0.142. The van der Waals surface area contributed by atoms with Crippen LogP contribution in [0.1, 0.15) is 27.4 Å². The molecule has 3 aromatic rings. The molecule has 1 amide bonds. The topological polar surface area (TPSA) is 72.2 Å². The maximum Gasteiger partial charge on any atom is 0.433 e. The summed E-state index contributed by atoms with van der Waals surface area (Å²) in [5.41, 5.74) is 1.85. The van der Waals surface area contributed by atoms with Crippen LogP contribution in [-0.4, -0.2) is 26.9 Å². The molecule has 140 valence electrons. The normalized spacial score (nSPS) is 11.9. The van der Waals surface area contributed by atoms with Crippen LogP contribution in [0.2, 0.25) is 0 Å². The van der Waals surface area contributed by atoms with Crippen LogP contribution in [0.15, 0.2) is 40.8 Å². The molecule has 1 N–H and O–H groups in total. The van der Waals surface area contributed by atoms with E-state index in [0.717, 1.165) is 17.4 Å². The first-order valence-corrected chi connectivity index (χ1v) is 8.31. The molecule has 0 saturated carbocycles. The van der Waals surface area contributed by atoms with E-state index in [1.54, 1.807) is 0 Å². The molecule has 0 unspecified atom stereocenters. The Morgan fingerprint density at radius 1 is 1.30 bits per heavy atom. The standard InChI is InChI=1S/C16H11F4N5OS/c1-9-6-13(16(18,19)20)25(24-9)15-22-12(8-27-15)14(26)23-21-7-10-2-4-11(17)5-3-10/h2-8H,1H3,(H,23,26)/b21-7+. The average Bonchev–Trinajstić information content (AvgIpc) is 3.22. The summed E-state index contributed by atoms with van der Waals surface area (Å²) in [6, 6.07) is 6.30. The highest BCUT2D eigenvalue weighted by Crippen LogP contribution is 2.32. The molecule has 0 atom stereocenters. The van der Waals surface area contributed by atoms with Crippen LogP contribution in [0.25, 0.3) is 5.13 Å². The van der Waals surface area contributed by atoms with E-state index in [0.29, 0.717) is 10.2 Å². The van der Waals surface area contributed by atoms with Gasteiger partial charge in [-0.05, 0) is 30.7 Å². The summed E-state index contributed by atoms with van der Waals surface area (Å²) < 4.78 is 52.6. The van der Waals surface area contributed by atoms with Crippen molar-refractivity contribution < 1.29 is 22.4 Å². The van der Waals surface area contributed by atoms with Gasteiger partial charge in [-0.25, -0.2) is 19.5 Å². The van der Waals surface area contributed by atoms with E-state index in [1.807, 2.05) is 0 Å². The molecule has 27 heavy (non-hydrogen) atoms. The van der Waals surface area contributed by atoms with Crippen LogP contribution in [-0.2, 0) is 6.18 Å². The predicted octanol–water partition coefficient (Wildman–Crippen LogP) is 3.56. The maximum absolute atomic E-state index is 13.1. The zero-order valence-electron chi connectivity index (χ0n) is 13.7. The highest BCUT2D eigenvalue weighted by atomic mass is 32.1. The number of hydrogen-bond acceptors (Lipinski definition) is 5. The number of hydrazone groups is 1. The average molecular weight is 397 g/mol. The summed E-state index contributed by atoms with van der Waals surface area (Å²) in [7, 11) is 0. The highest BCUT2D eigenvalue weighted by molar-refractivity contribution is 7.12. The number of thiazole rings is 1. The van der Waals surface area contributed by atoms with Gasteiger partial charge in [-0.1, -0.05) is 12.1 Å². The summed E-state index contributed by atoms with van der Waals surface area (Å²) in [6.45, 7) is 1.43. The molecule has 3 rings (SSSR count). The monoisotopic (exact) mass is 397 g/mol. The van der Waals surface area contributed by atoms with Crippen LogP contribution < -0.4 is 5.43 Å². The lowest BCUT2D eigenvalue weighted by Crippen LogP contribution is -2.18. The van der Waals surface area contributed by atoms with Gasteiger partial charge in [-0.15, -0.1) is 11.3 Å². The Labute approximate surface area is 154 Å². The largest absolute Gasteiger partial charge is 0.433 e. The molecule has 11 heteroatoms. The van der Waals surface area contributed by atoms with Gasteiger partial charge in [0.2, 0.25) is 5.13 Å². The Bertz CT molecular complexity index is 991. The van der Waals surface area contributed by atoms with Crippen molar-refractivity contribution in [2.75, 3.05) is 0 Å². The third kappa shape index (κ3) is 4.37. The lowest BCUT2D eigenvalue weighted by Gasteiger charge is -2.07. The smallest absolute Gasteiger partial charge is 0.266 e. The lowest BCUT2D eigenvalue weighted by atomic mass is 10.2. The molecule has 0 bridgehead atoms. The number of carbonyl (C=O) groups excluding carboxylic acids is 1. The van der Waals surface area contributed by atoms with Gasteiger partial charge in [0.15, 0.2) is 5.69 Å². The van der Waals surface area contributed by atoms with Crippen molar-refractivity contribution >= 4 is 23.5 Å². The molecule has 2 aromatic heterocycles. The van der Waals surface area contributed by atoms with Gasteiger partial charge in [-0.2, -0.15) is 23.4 Å². The Balaban J connectivity index is 1.74. The Hall–Kier alpha value is -3.08. The molecule has 2 heterocycles.